The standard InChI is InChI=1S/C12H15FN2O4S/c13-10-5-9(1-2-11(10)15(16)17)6-12(7-14)3-4-20(18,19)8-12/h1-2,5H,3-4,6-8,14H2. The van der Waals surface area contributed by atoms with Crippen LogP contribution in [0.3, 0.4) is 0 Å². The second-order valence-electron chi connectivity index (χ2n) is 5.27. The summed E-state index contributed by atoms with van der Waals surface area (Å²) in [5.74, 6) is -0.852. The van der Waals surface area contributed by atoms with Crippen molar-refractivity contribution in [2.45, 2.75) is 12.8 Å². The van der Waals surface area contributed by atoms with Gasteiger partial charge in [-0.1, -0.05) is 6.07 Å². The molecule has 2 N–H and O–H groups in total. The molecule has 0 spiro atoms. The lowest BCUT2D eigenvalue weighted by Crippen LogP contribution is -2.34. The minimum Gasteiger partial charge on any atom is -0.330 e. The highest BCUT2D eigenvalue weighted by molar-refractivity contribution is 7.91. The van der Waals surface area contributed by atoms with E-state index in [0.29, 0.717) is 18.4 Å². The van der Waals surface area contributed by atoms with Crippen LogP contribution in [0.5, 0.6) is 0 Å². The Hall–Kier alpha value is -1.54. The zero-order valence-electron chi connectivity index (χ0n) is 10.7. The molecule has 1 aromatic carbocycles. The normalized spacial score (nSPS) is 24.7. The first-order valence-corrected chi connectivity index (χ1v) is 7.92. The van der Waals surface area contributed by atoms with Crippen molar-refractivity contribution in [2.24, 2.45) is 11.1 Å². The van der Waals surface area contributed by atoms with Gasteiger partial charge in [-0.3, -0.25) is 10.1 Å². The fraction of sp³-hybridized carbons (Fsp3) is 0.500. The molecular formula is C12H15FN2O4S. The highest BCUT2D eigenvalue weighted by Gasteiger charge is 2.41. The highest BCUT2D eigenvalue weighted by atomic mass is 32.2. The van der Waals surface area contributed by atoms with E-state index >= 15 is 0 Å². The summed E-state index contributed by atoms with van der Waals surface area (Å²) in [5, 5.41) is 10.5. The molecule has 0 aromatic heterocycles. The Bertz CT molecular complexity index is 647. The van der Waals surface area contributed by atoms with Crippen LogP contribution in [0.25, 0.3) is 0 Å². The van der Waals surface area contributed by atoms with E-state index < -0.39 is 31.7 Å². The van der Waals surface area contributed by atoms with Gasteiger partial charge in [-0.25, -0.2) is 8.42 Å². The number of sulfone groups is 1. The van der Waals surface area contributed by atoms with E-state index in [4.69, 9.17) is 5.73 Å². The monoisotopic (exact) mass is 302 g/mol. The van der Waals surface area contributed by atoms with Gasteiger partial charge in [0.1, 0.15) is 0 Å². The lowest BCUT2D eigenvalue weighted by molar-refractivity contribution is -0.387. The highest BCUT2D eigenvalue weighted by Crippen LogP contribution is 2.35. The largest absolute Gasteiger partial charge is 0.330 e. The molecule has 6 nitrogen and oxygen atoms in total. The molecule has 1 fully saturated rings. The van der Waals surface area contributed by atoms with Crippen molar-refractivity contribution in [3.8, 4) is 0 Å². The summed E-state index contributed by atoms with van der Waals surface area (Å²) < 4.78 is 36.7. The zero-order valence-corrected chi connectivity index (χ0v) is 11.5. The van der Waals surface area contributed by atoms with Gasteiger partial charge in [0.05, 0.1) is 16.4 Å². The molecule has 0 saturated carbocycles. The molecule has 1 saturated heterocycles. The van der Waals surface area contributed by atoms with E-state index in [0.717, 1.165) is 12.1 Å². The van der Waals surface area contributed by atoms with E-state index in [-0.39, 0.29) is 18.1 Å². The van der Waals surface area contributed by atoms with Gasteiger partial charge in [0.2, 0.25) is 5.82 Å². The third kappa shape index (κ3) is 2.96. The topological polar surface area (TPSA) is 103 Å². The van der Waals surface area contributed by atoms with Crippen molar-refractivity contribution < 1.29 is 17.7 Å². The van der Waals surface area contributed by atoms with Crippen molar-refractivity contribution >= 4 is 15.5 Å². The minimum absolute atomic E-state index is 0.0187. The lowest BCUT2D eigenvalue weighted by atomic mass is 9.81. The molecule has 1 heterocycles. The van der Waals surface area contributed by atoms with Gasteiger partial charge in [-0.2, -0.15) is 4.39 Å². The van der Waals surface area contributed by atoms with Crippen LogP contribution in [0, 0.1) is 21.3 Å². The van der Waals surface area contributed by atoms with E-state index in [2.05, 4.69) is 0 Å². The fourth-order valence-corrected chi connectivity index (χ4v) is 4.78. The quantitative estimate of drug-likeness (QED) is 0.661. The molecule has 1 aromatic rings. The van der Waals surface area contributed by atoms with Gasteiger partial charge in [-0.05, 0) is 31.0 Å². The van der Waals surface area contributed by atoms with Gasteiger partial charge in [0.25, 0.3) is 0 Å². The average Bonchev–Trinajstić information content (AvgIpc) is 2.65. The zero-order chi connectivity index (χ0) is 15.0. The number of nitrogens with zero attached hydrogens (tertiary/aromatic N) is 1. The number of halogens is 1. The summed E-state index contributed by atoms with van der Waals surface area (Å²) in [5.41, 5.74) is 5.03. The number of nitrogens with two attached hydrogens (primary N) is 1. The maximum absolute atomic E-state index is 13.6. The first kappa shape index (κ1) is 14.9. The summed E-state index contributed by atoms with van der Waals surface area (Å²) >= 11 is 0. The predicted octanol–water partition coefficient (Wildman–Crippen LogP) is 1.04. The van der Waals surface area contributed by atoms with Crippen LogP contribution in [0.15, 0.2) is 18.2 Å². The van der Waals surface area contributed by atoms with Crippen molar-refractivity contribution in [2.75, 3.05) is 18.1 Å². The van der Waals surface area contributed by atoms with E-state index in [1.54, 1.807) is 0 Å². The molecule has 20 heavy (non-hydrogen) atoms. The van der Waals surface area contributed by atoms with Crippen molar-refractivity contribution in [1.82, 2.24) is 0 Å². The Kier molecular flexibility index (Phi) is 3.79. The number of benzene rings is 1. The van der Waals surface area contributed by atoms with Crippen LogP contribution in [0.4, 0.5) is 10.1 Å². The van der Waals surface area contributed by atoms with E-state index in [1.165, 1.54) is 6.07 Å². The smallest absolute Gasteiger partial charge is 0.304 e. The first-order valence-electron chi connectivity index (χ1n) is 6.10. The molecule has 1 unspecified atom stereocenters. The first-order chi connectivity index (χ1) is 9.27. The summed E-state index contributed by atoms with van der Waals surface area (Å²) in [6.07, 6.45) is 0.738. The second kappa shape index (κ2) is 5.10. The Morgan fingerprint density at radius 3 is 2.60 bits per heavy atom. The third-order valence-corrected chi connectivity index (χ3v) is 5.57. The van der Waals surface area contributed by atoms with Crippen molar-refractivity contribution in [1.29, 1.82) is 0 Å². The van der Waals surface area contributed by atoms with Crippen molar-refractivity contribution in [3.05, 3.63) is 39.7 Å². The Balaban J connectivity index is 2.25. The molecule has 1 atom stereocenters. The number of nitro groups is 1. The molecule has 1 aliphatic rings. The maximum atomic E-state index is 13.6. The summed E-state index contributed by atoms with van der Waals surface area (Å²) in [7, 11) is -3.10. The minimum atomic E-state index is -3.10. The van der Waals surface area contributed by atoms with Crippen LogP contribution in [-0.2, 0) is 16.3 Å². The maximum Gasteiger partial charge on any atom is 0.304 e. The number of rotatable bonds is 4. The molecule has 1 aliphatic heterocycles. The number of nitro benzene ring substituents is 1. The van der Waals surface area contributed by atoms with Crippen molar-refractivity contribution in [3.63, 3.8) is 0 Å². The van der Waals surface area contributed by atoms with Gasteiger partial charge in [0.15, 0.2) is 9.84 Å². The Labute approximate surface area is 115 Å². The van der Waals surface area contributed by atoms with E-state index in [9.17, 15) is 22.9 Å². The molecule has 2 rings (SSSR count). The van der Waals surface area contributed by atoms with Gasteiger partial charge < -0.3 is 5.73 Å². The molecule has 0 aliphatic carbocycles. The number of hydrogen-bond acceptors (Lipinski definition) is 5. The molecule has 110 valence electrons. The summed E-state index contributed by atoms with van der Waals surface area (Å²) in [4.78, 5) is 9.75. The molecule has 8 heteroatoms. The molecule has 0 bridgehead atoms. The van der Waals surface area contributed by atoms with Crippen LogP contribution in [0.1, 0.15) is 12.0 Å². The Morgan fingerprint density at radius 2 is 2.15 bits per heavy atom. The Morgan fingerprint density at radius 1 is 1.45 bits per heavy atom. The third-order valence-electron chi connectivity index (χ3n) is 3.69. The summed E-state index contributed by atoms with van der Waals surface area (Å²) in [6, 6.07) is 3.63. The van der Waals surface area contributed by atoms with Crippen LogP contribution in [0.2, 0.25) is 0 Å². The second-order valence-corrected chi connectivity index (χ2v) is 7.45. The number of hydrogen-bond donors (Lipinski definition) is 1. The average molecular weight is 302 g/mol. The molecular weight excluding hydrogens is 287 g/mol. The molecule has 0 radical (unpaired) electrons. The van der Waals surface area contributed by atoms with Gasteiger partial charge >= 0.3 is 5.69 Å². The lowest BCUT2D eigenvalue weighted by Gasteiger charge is -2.25. The fourth-order valence-electron chi connectivity index (χ4n) is 2.60. The predicted molar refractivity (Wildman–Crippen MR) is 71.5 cm³/mol. The molecule has 0 amide bonds. The van der Waals surface area contributed by atoms with E-state index in [1.807, 2.05) is 0 Å². The summed E-state index contributed by atoms with van der Waals surface area (Å²) in [6.45, 7) is 0.185. The SMILES string of the molecule is NCC1(Cc2ccc([N+](=O)[O-])c(F)c2)CCS(=O)(=O)C1. The van der Waals surface area contributed by atoms with Crippen LogP contribution in [-0.4, -0.2) is 31.4 Å². The van der Waals surface area contributed by atoms with Gasteiger partial charge in [0, 0.05) is 11.5 Å². The van der Waals surface area contributed by atoms with Crippen LogP contribution < -0.4 is 5.73 Å². The van der Waals surface area contributed by atoms with Crippen LogP contribution >= 0.6 is 0 Å². The van der Waals surface area contributed by atoms with Gasteiger partial charge in [-0.15, -0.1) is 0 Å².